The minimum absolute atomic E-state index is 0.00773. The summed E-state index contributed by atoms with van der Waals surface area (Å²) in [7, 11) is 0. The molecule has 0 saturated carbocycles. The predicted molar refractivity (Wildman–Crippen MR) is 103 cm³/mol. The van der Waals surface area contributed by atoms with Crippen molar-refractivity contribution in [3.63, 3.8) is 0 Å². The molecule has 0 N–H and O–H groups in total. The van der Waals surface area contributed by atoms with E-state index in [4.69, 9.17) is 0 Å². The van der Waals surface area contributed by atoms with Gasteiger partial charge in [-0.1, -0.05) is 6.92 Å². The number of hydrogen-bond donors (Lipinski definition) is 0. The van der Waals surface area contributed by atoms with Crippen molar-refractivity contribution < 1.29 is 0 Å². The summed E-state index contributed by atoms with van der Waals surface area (Å²) in [5, 5.41) is 5.87. The lowest BCUT2D eigenvalue weighted by atomic mass is 10.2. The van der Waals surface area contributed by atoms with Crippen LogP contribution in [0, 0.1) is 6.92 Å². The molecule has 122 valence electrons. The molecule has 0 aliphatic heterocycles. The van der Waals surface area contributed by atoms with Crippen molar-refractivity contribution >= 4 is 44.2 Å². The molecule has 0 radical (unpaired) electrons. The zero-order valence-corrected chi connectivity index (χ0v) is 15.7. The van der Waals surface area contributed by atoms with Gasteiger partial charge in [0.15, 0.2) is 0 Å². The van der Waals surface area contributed by atoms with Gasteiger partial charge in [-0.3, -0.25) is 9.36 Å². The smallest absolute Gasteiger partial charge is 0.263 e. The van der Waals surface area contributed by atoms with Gasteiger partial charge in [-0.05, 0) is 25.5 Å². The summed E-state index contributed by atoms with van der Waals surface area (Å²) in [6, 6.07) is 4.16. The third kappa shape index (κ3) is 2.72. The van der Waals surface area contributed by atoms with Crippen LogP contribution < -0.4 is 5.56 Å². The molecule has 0 aliphatic rings. The second-order valence-corrected chi connectivity index (χ2v) is 8.59. The molecule has 4 rings (SSSR count). The normalized spacial score (nSPS) is 11.4. The minimum atomic E-state index is 0.00773. The van der Waals surface area contributed by atoms with Crippen LogP contribution >= 0.6 is 34.0 Å². The summed E-state index contributed by atoms with van der Waals surface area (Å²) in [6.45, 7) is 4.63. The Hall–Kier alpha value is -1.83. The first-order chi connectivity index (χ1) is 11.7. The molecule has 0 fully saturated rings. The van der Waals surface area contributed by atoms with Gasteiger partial charge in [-0.2, -0.15) is 0 Å². The van der Waals surface area contributed by atoms with Crippen LogP contribution in [0.4, 0.5) is 0 Å². The van der Waals surface area contributed by atoms with Crippen molar-refractivity contribution in [2.24, 2.45) is 0 Å². The number of thiophene rings is 2. The molecular weight excluding hydrogens is 358 g/mol. The molecule has 4 aromatic heterocycles. The van der Waals surface area contributed by atoms with Crippen molar-refractivity contribution in [3.8, 4) is 10.4 Å². The van der Waals surface area contributed by atoms with Crippen LogP contribution in [-0.4, -0.2) is 14.5 Å². The molecule has 24 heavy (non-hydrogen) atoms. The zero-order valence-electron chi connectivity index (χ0n) is 13.3. The molecule has 0 aliphatic carbocycles. The highest BCUT2D eigenvalue weighted by molar-refractivity contribution is 7.19. The highest BCUT2D eigenvalue weighted by Gasteiger charge is 2.15. The summed E-state index contributed by atoms with van der Waals surface area (Å²) in [5.74, 6) is 0. The van der Waals surface area contributed by atoms with Crippen molar-refractivity contribution in [3.05, 3.63) is 55.2 Å². The van der Waals surface area contributed by atoms with E-state index in [1.54, 1.807) is 33.6 Å². The molecule has 0 atom stereocenters. The Morgan fingerprint density at radius 1 is 1.21 bits per heavy atom. The Balaban J connectivity index is 1.80. The Kier molecular flexibility index (Phi) is 4.07. The fourth-order valence-corrected chi connectivity index (χ4v) is 5.20. The first-order valence-electron chi connectivity index (χ1n) is 7.62. The molecule has 0 aromatic carbocycles. The lowest BCUT2D eigenvalue weighted by Gasteiger charge is -2.03. The van der Waals surface area contributed by atoms with E-state index in [-0.39, 0.29) is 5.56 Å². The fraction of sp³-hybridized carbons (Fsp3) is 0.235. The first-order valence-corrected chi connectivity index (χ1v) is 10.2. The van der Waals surface area contributed by atoms with Gasteiger partial charge in [0, 0.05) is 26.1 Å². The summed E-state index contributed by atoms with van der Waals surface area (Å²) < 4.78 is 1.66. The lowest BCUT2D eigenvalue weighted by molar-refractivity contribution is 0.732. The van der Waals surface area contributed by atoms with Gasteiger partial charge in [0.1, 0.15) is 4.83 Å². The van der Waals surface area contributed by atoms with Crippen LogP contribution in [0.5, 0.6) is 0 Å². The molecule has 7 heteroatoms. The topological polar surface area (TPSA) is 47.8 Å². The second kappa shape index (κ2) is 6.23. The van der Waals surface area contributed by atoms with E-state index in [0.717, 1.165) is 37.8 Å². The van der Waals surface area contributed by atoms with E-state index in [9.17, 15) is 4.79 Å². The van der Waals surface area contributed by atoms with E-state index in [2.05, 4.69) is 35.9 Å². The monoisotopic (exact) mass is 373 g/mol. The van der Waals surface area contributed by atoms with Crippen LogP contribution in [0.3, 0.4) is 0 Å². The lowest BCUT2D eigenvalue weighted by Crippen LogP contribution is -2.21. The Morgan fingerprint density at radius 2 is 2.08 bits per heavy atom. The van der Waals surface area contributed by atoms with Crippen LogP contribution in [-0.2, 0) is 13.0 Å². The quantitative estimate of drug-likeness (QED) is 0.527. The molecular formula is C17H15N3OS3. The number of nitrogens with zero attached hydrogens (tertiary/aromatic N) is 3. The predicted octanol–water partition coefficient (Wildman–Crippen LogP) is 4.56. The maximum absolute atomic E-state index is 13.0. The third-order valence-corrected chi connectivity index (χ3v) is 6.76. The van der Waals surface area contributed by atoms with Crippen LogP contribution in [0.2, 0.25) is 0 Å². The van der Waals surface area contributed by atoms with Gasteiger partial charge in [-0.25, -0.2) is 9.97 Å². The number of fused-ring (bicyclic) bond motifs is 1. The van der Waals surface area contributed by atoms with Gasteiger partial charge < -0.3 is 0 Å². The molecule has 0 saturated heterocycles. The molecule has 4 heterocycles. The van der Waals surface area contributed by atoms with Gasteiger partial charge in [0.2, 0.25) is 0 Å². The molecule has 0 amide bonds. The van der Waals surface area contributed by atoms with E-state index in [1.807, 2.05) is 10.8 Å². The van der Waals surface area contributed by atoms with E-state index in [0.29, 0.717) is 6.54 Å². The zero-order chi connectivity index (χ0) is 16.7. The number of aryl methyl sites for hydroxylation is 2. The van der Waals surface area contributed by atoms with Gasteiger partial charge in [-0.15, -0.1) is 34.0 Å². The molecule has 0 unspecified atom stereocenters. The fourth-order valence-electron chi connectivity index (χ4n) is 2.60. The number of rotatable bonds is 4. The summed E-state index contributed by atoms with van der Waals surface area (Å²) >= 11 is 4.87. The Labute approximate surface area is 151 Å². The second-order valence-electron chi connectivity index (χ2n) is 5.50. The largest absolute Gasteiger partial charge is 0.293 e. The van der Waals surface area contributed by atoms with Crippen LogP contribution in [0.15, 0.2) is 34.0 Å². The van der Waals surface area contributed by atoms with Gasteiger partial charge in [0.05, 0.1) is 29.0 Å². The van der Waals surface area contributed by atoms with Gasteiger partial charge in [0.25, 0.3) is 5.56 Å². The average Bonchev–Trinajstić information content (AvgIpc) is 3.29. The van der Waals surface area contributed by atoms with Crippen LogP contribution in [0.1, 0.15) is 22.5 Å². The standard InChI is InChI=1S/C17H15N3OS3/c1-3-14-19-11(7-22-14)6-20-9-18-16-15(17(20)21)12(8-23-16)13-5-4-10(2)24-13/h4-5,7-9H,3,6H2,1-2H3. The molecule has 0 spiro atoms. The highest BCUT2D eigenvalue weighted by atomic mass is 32.1. The Morgan fingerprint density at radius 3 is 2.79 bits per heavy atom. The van der Waals surface area contributed by atoms with E-state index >= 15 is 0 Å². The van der Waals surface area contributed by atoms with E-state index in [1.165, 1.54) is 16.2 Å². The maximum Gasteiger partial charge on any atom is 0.263 e. The van der Waals surface area contributed by atoms with Crippen molar-refractivity contribution in [2.45, 2.75) is 26.8 Å². The van der Waals surface area contributed by atoms with Crippen molar-refractivity contribution in [2.75, 3.05) is 0 Å². The van der Waals surface area contributed by atoms with Crippen molar-refractivity contribution in [1.82, 2.24) is 14.5 Å². The van der Waals surface area contributed by atoms with Crippen molar-refractivity contribution in [1.29, 1.82) is 0 Å². The van der Waals surface area contributed by atoms with E-state index < -0.39 is 0 Å². The summed E-state index contributed by atoms with van der Waals surface area (Å²) in [6.07, 6.45) is 2.55. The SMILES string of the molecule is CCc1nc(Cn2cnc3scc(-c4ccc(C)s4)c3c2=O)cs1. The number of hydrogen-bond acceptors (Lipinski definition) is 6. The van der Waals surface area contributed by atoms with Gasteiger partial charge >= 0.3 is 0 Å². The minimum Gasteiger partial charge on any atom is -0.293 e. The maximum atomic E-state index is 13.0. The summed E-state index contributed by atoms with van der Waals surface area (Å²) in [5.41, 5.74) is 1.92. The molecule has 4 aromatic rings. The number of thiazole rings is 1. The first kappa shape index (κ1) is 15.7. The average molecular weight is 374 g/mol. The molecule has 4 nitrogen and oxygen atoms in total. The Bertz CT molecular complexity index is 1070. The number of aromatic nitrogens is 3. The van der Waals surface area contributed by atoms with Crippen LogP contribution in [0.25, 0.3) is 20.7 Å². The third-order valence-electron chi connectivity index (χ3n) is 3.80. The molecule has 0 bridgehead atoms. The summed E-state index contributed by atoms with van der Waals surface area (Å²) in [4.78, 5) is 25.2. The highest BCUT2D eigenvalue weighted by Crippen LogP contribution is 2.34.